The molecule has 1 amide bonds. The molecule has 0 aromatic carbocycles. The van der Waals surface area contributed by atoms with Crippen LogP contribution in [0.1, 0.15) is 66.3 Å². The van der Waals surface area contributed by atoms with Gasteiger partial charge in [-0.3, -0.25) is 4.79 Å². The van der Waals surface area contributed by atoms with Gasteiger partial charge in [0.2, 0.25) is 11.7 Å². The summed E-state index contributed by atoms with van der Waals surface area (Å²) in [5.41, 5.74) is 3.03. The van der Waals surface area contributed by atoms with Gasteiger partial charge in [0, 0.05) is 39.0 Å². The lowest BCUT2D eigenvalue weighted by Gasteiger charge is -2.25. The number of nitrogens with zero attached hydrogens (tertiary/aromatic N) is 6. The molecule has 0 bridgehead atoms. The summed E-state index contributed by atoms with van der Waals surface area (Å²) in [5, 5.41) is 8.03. The van der Waals surface area contributed by atoms with Crippen molar-refractivity contribution < 1.29 is 13.8 Å². The summed E-state index contributed by atoms with van der Waals surface area (Å²) in [7, 11) is 3.77. The largest absolute Gasteiger partial charge is 0.356 e. The third-order valence-corrected chi connectivity index (χ3v) is 5.26. The predicted octanol–water partition coefficient (Wildman–Crippen LogP) is 3.59. The van der Waals surface area contributed by atoms with Crippen LogP contribution in [0.3, 0.4) is 0 Å². The van der Waals surface area contributed by atoms with E-state index in [1.54, 1.807) is 17.2 Å². The predicted molar refractivity (Wildman–Crippen MR) is 110 cm³/mol. The van der Waals surface area contributed by atoms with Gasteiger partial charge in [0.1, 0.15) is 0 Å². The van der Waals surface area contributed by atoms with Crippen molar-refractivity contribution >= 4 is 11.9 Å². The molecule has 3 aromatic rings. The van der Waals surface area contributed by atoms with Crippen LogP contribution in [0.5, 0.6) is 0 Å². The van der Waals surface area contributed by atoms with Crippen LogP contribution in [-0.2, 0) is 0 Å². The maximum Gasteiger partial charge on any atom is 0.293 e. The fraction of sp³-hybridized carbons (Fsp3) is 0.476. The Bertz CT molecular complexity index is 1050. The van der Waals surface area contributed by atoms with Gasteiger partial charge < -0.3 is 18.8 Å². The summed E-state index contributed by atoms with van der Waals surface area (Å²) in [6.45, 7) is 6.51. The number of anilines is 1. The molecule has 4 rings (SSSR count). The van der Waals surface area contributed by atoms with Crippen molar-refractivity contribution in [3.63, 3.8) is 0 Å². The molecule has 1 saturated heterocycles. The van der Waals surface area contributed by atoms with Crippen LogP contribution in [0.4, 0.5) is 5.95 Å². The first-order valence-corrected chi connectivity index (χ1v) is 10.1. The van der Waals surface area contributed by atoms with Crippen LogP contribution in [-0.4, -0.2) is 51.7 Å². The maximum atomic E-state index is 13.2. The second-order valence-corrected chi connectivity index (χ2v) is 8.12. The Balaban J connectivity index is 1.73. The summed E-state index contributed by atoms with van der Waals surface area (Å²) >= 11 is 0. The molecule has 0 radical (unpaired) electrons. The highest BCUT2D eigenvalue weighted by Crippen LogP contribution is 2.38. The quantitative estimate of drug-likeness (QED) is 0.629. The Morgan fingerprint density at radius 2 is 2.03 bits per heavy atom. The number of rotatable bonds is 5. The second kappa shape index (κ2) is 7.89. The molecule has 1 fully saturated rings. The van der Waals surface area contributed by atoms with E-state index in [1.165, 1.54) is 0 Å². The molecule has 4 heterocycles. The monoisotopic (exact) mass is 410 g/mol. The van der Waals surface area contributed by atoms with Gasteiger partial charge in [-0.1, -0.05) is 24.2 Å². The standard InChI is InChI=1S/C21H26N6O3/c1-12(2)15-10-18(30-25-15)20(28)27-8-6-7-16(27)19-14(17-9-13(3)24-29-17)11-22-21(23-19)26(4)5/h9-12,16H,6-8H2,1-5H3. The molecule has 9 nitrogen and oxygen atoms in total. The molecule has 1 unspecified atom stereocenters. The van der Waals surface area contributed by atoms with Crippen molar-refractivity contribution in [1.29, 1.82) is 0 Å². The first kappa shape index (κ1) is 20.1. The van der Waals surface area contributed by atoms with E-state index < -0.39 is 0 Å². The summed E-state index contributed by atoms with van der Waals surface area (Å²) in [6.07, 6.45) is 3.41. The Hall–Kier alpha value is -3.23. The molecule has 0 aliphatic carbocycles. The summed E-state index contributed by atoms with van der Waals surface area (Å²) < 4.78 is 10.8. The number of amides is 1. The maximum absolute atomic E-state index is 13.2. The molecular weight excluding hydrogens is 384 g/mol. The first-order chi connectivity index (χ1) is 14.3. The average molecular weight is 410 g/mol. The van der Waals surface area contributed by atoms with Gasteiger partial charge in [-0.05, 0) is 25.7 Å². The summed E-state index contributed by atoms with van der Waals surface area (Å²) in [6, 6.07) is 3.37. The van der Waals surface area contributed by atoms with Crippen LogP contribution >= 0.6 is 0 Å². The number of aromatic nitrogens is 4. The molecule has 30 heavy (non-hydrogen) atoms. The van der Waals surface area contributed by atoms with Crippen LogP contribution in [0.2, 0.25) is 0 Å². The van der Waals surface area contributed by atoms with Gasteiger partial charge in [-0.15, -0.1) is 0 Å². The van der Waals surface area contributed by atoms with Gasteiger partial charge in [0.05, 0.1) is 28.7 Å². The zero-order valence-corrected chi connectivity index (χ0v) is 17.9. The third kappa shape index (κ3) is 3.67. The highest BCUT2D eigenvalue weighted by Gasteiger charge is 2.36. The Kier molecular flexibility index (Phi) is 5.27. The highest BCUT2D eigenvalue weighted by molar-refractivity contribution is 5.92. The van der Waals surface area contributed by atoms with Crippen LogP contribution < -0.4 is 4.90 Å². The number of likely N-dealkylation sites (tertiary alicyclic amines) is 1. The number of hydrogen-bond donors (Lipinski definition) is 0. The van der Waals surface area contributed by atoms with Gasteiger partial charge in [0.25, 0.3) is 5.91 Å². The molecule has 0 N–H and O–H groups in total. The minimum atomic E-state index is -0.216. The van der Waals surface area contributed by atoms with Gasteiger partial charge in [0.15, 0.2) is 5.76 Å². The van der Waals surface area contributed by atoms with Crippen molar-refractivity contribution in [2.45, 2.75) is 45.6 Å². The molecule has 0 spiro atoms. The van der Waals surface area contributed by atoms with E-state index in [0.29, 0.717) is 18.3 Å². The van der Waals surface area contributed by atoms with Gasteiger partial charge in [-0.25, -0.2) is 9.97 Å². The number of carbonyl (C=O) groups excluding carboxylic acids is 1. The summed E-state index contributed by atoms with van der Waals surface area (Å²) in [5.74, 6) is 1.43. The van der Waals surface area contributed by atoms with Gasteiger partial charge in [-0.2, -0.15) is 0 Å². The summed E-state index contributed by atoms with van der Waals surface area (Å²) in [4.78, 5) is 26.1. The van der Waals surface area contributed by atoms with Crippen LogP contribution in [0, 0.1) is 6.92 Å². The van der Waals surface area contributed by atoms with E-state index in [0.717, 1.165) is 35.5 Å². The Labute approximate surface area is 175 Å². The fourth-order valence-corrected chi connectivity index (χ4v) is 3.63. The fourth-order valence-electron chi connectivity index (χ4n) is 3.63. The van der Waals surface area contributed by atoms with Crippen molar-refractivity contribution in [1.82, 2.24) is 25.2 Å². The van der Waals surface area contributed by atoms with Crippen molar-refractivity contribution in [3.05, 3.63) is 41.2 Å². The van der Waals surface area contributed by atoms with Crippen LogP contribution in [0.25, 0.3) is 11.3 Å². The zero-order valence-electron chi connectivity index (χ0n) is 17.9. The second-order valence-electron chi connectivity index (χ2n) is 8.12. The van der Waals surface area contributed by atoms with E-state index in [1.807, 2.05) is 45.8 Å². The van der Waals surface area contributed by atoms with Crippen molar-refractivity contribution in [2.24, 2.45) is 0 Å². The topological polar surface area (TPSA) is 101 Å². The lowest BCUT2D eigenvalue weighted by molar-refractivity contribution is 0.0690. The minimum absolute atomic E-state index is 0.179. The lowest BCUT2D eigenvalue weighted by Crippen LogP contribution is -2.31. The van der Waals surface area contributed by atoms with Crippen LogP contribution in [0.15, 0.2) is 27.4 Å². The molecular formula is C21H26N6O3. The number of hydrogen-bond acceptors (Lipinski definition) is 8. The highest BCUT2D eigenvalue weighted by atomic mass is 16.5. The third-order valence-electron chi connectivity index (χ3n) is 5.26. The Morgan fingerprint density at radius 3 is 2.67 bits per heavy atom. The minimum Gasteiger partial charge on any atom is -0.356 e. The first-order valence-electron chi connectivity index (χ1n) is 10.1. The molecule has 9 heteroatoms. The smallest absolute Gasteiger partial charge is 0.293 e. The van der Waals surface area contributed by atoms with E-state index >= 15 is 0 Å². The van der Waals surface area contributed by atoms with Gasteiger partial charge >= 0.3 is 0 Å². The van der Waals surface area contributed by atoms with E-state index in [9.17, 15) is 4.79 Å². The number of aryl methyl sites for hydroxylation is 1. The molecule has 1 atom stereocenters. The lowest BCUT2D eigenvalue weighted by atomic mass is 10.0. The van der Waals surface area contributed by atoms with Crippen molar-refractivity contribution in [3.8, 4) is 11.3 Å². The molecule has 1 aliphatic rings. The van der Waals surface area contributed by atoms with E-state index in [2.05, 4.69) is 15.3 Å². The van der Waals surface area contributed by atoms with Crippen molar-refractivity contribution in [2.75, 3.05) is 25.5 Å². The zero-order chi connectivity index (χ0) is 21.4. The molecule has 1 aliphatic heterocycles. The molecule has 158 valence electrons. The average Bonchev–Trinajstić information content (AvgIpc) is 3.47. The molecule has 3 aromatic heterocycles. The molecule has 0 saturated carbocycles. The Morgan fingerprint density at radius 1 is 1.23 bits per heavy atom. The van der Waals surface area contributed by atoms with E-state index in [-0.39, 0.29) is 23.6 Å². The SMILES string of the molecule is Cc1cc(-c2cnc(N(C)C)nc2C2CCCN2C(=O)c2cc(C(C)C)no2)on1. The number of carbonyl (C=O) groups is 1. The van der Waals surface area contributed by atoms with E-state index in [4.69, 9.17) is 14.0 Å². The normalized spacial score (nSPS) is 16.5.